The van der Waals surface area contributed by atoms with Gasteiger partial charge in [-0.25, -0.2) is 0 Å². The van der Waals surface area contributed by atoms with Gasteiger partial charge in [0.05, 0.1) is 12.8 Å². The van der Waals surface area contributed by atoms with E-state index in [4.69, 9.17) is 9.47 Å². The van der Waals surface area contributed by atoms with E-state index in [2.05, 4.69) is 10.2 Å². The number of carbonyl (C=O) groups is 2. The largest absolute Gasteiger partial charge is 0.493 e. The lowest BCUT2D eigenvalue weighted by molar-refractivity contribution is -0.138. The van der Waals surface area contributed by atoms with Crippen molar-refractivity contribution in [3.8, 4) is 11.5 Å². The van der Waals surface area contributed by atoms with Crippen molar-refractivity contribution >= 4 is 11.8 Å². The van der Waals surface area contributed by atoms with Crippen LogP contribution in [-0.4, -0.2) is 65.1 Å². The molecule has 1 atom stereocenters. The molecule has 1 aliphatic heterocycles. The van der Waals surface area contributed by atoms with E-state index in [1.165, 1.54) is 0 Å². The summed E-state index contributed by atoms with van der Waals surface area (Å²) >= 11 is 0. The van der Waals surface area contributed by atoms with Gasteiger partial charge in [-0.2, -0.15) is 5.10 Å². The Morgan fingerprint density at radius 2 is 2.04 bits per heavy atom. The van der Waals surface area contributed by atoms with Crippen LogP contribution in [0.15, 0.2) is 30.3 Å². The van der Waals surface area contributed by atoms with Crippen LogP contribution in [-0.2, 0) is 11.4 Å². The Bertz CT molecular complexity index is 820. The number of carbonyl (C=O) groups excluding carboxylic acids is 2. The van der Waals surface area contributed by atoms with Crippen LogP contribution in [0.5, 0.6) is 11.5 Å². The summed E-state index contributed by atoms with van der Waals surface area (Å²) in [5.74, 6) is 0.962. The Morgan fingerprint density at radius 1 is 1.30 bits per heavy atom. The summed E-state index contributed by atoms with van der Waals surface area (Å²) in [5.41, 5.74) is 0.946. The van der Waals surface area contributed by atoms with E-state index < -0.39 is 6.04 Å². The van der Waals surface area contributed by atoms with Crippen molar-refractivity contribution in [1.29, 1.82) is 0 Å². The highest BCUT2D eigenvalue weighted by atomic mass is 16.5. The molecule has 2 amide bonds. The second-order valence-electron chi connectivity index (χ2n) is 6.40. The Morgan fingerprint density at radius 3 is 2.74 bits per heavy atom. The highest BCUT2D eigenvalue weighted by Gasteiger charge is 2.35. The maximum absolute atomic E-state index is 12.8. The normalized spacial score (nSPS) is 17.1. The average Bonchev–Trinajstić information content (AvgIpc) is 3.17. The van der Waals surface area contributed by atoms with Crippen LogP contribution in [0.25, 0.3) is 0 Å². The fourth-order valence-corrected chi connectivity index (χ4v) is 3.14. The lowest BCUT2D eigenvalue weighted by atomic mass is 10.1. The minimum atomic E-state index is -0.443. The number of nitrogens with zero attached hydrogens (tertiary/aromatic N) is 3. The van der Waals surface area contributed by atoms with Crippen LogP contribution in [0, 0.1) is 0 Å². The van der Waals surface area contributed by atoms with E-state index in [0.717, 1.165) is 0 Å². The van der Waals surface area contributed by atoms with Gasteiger partial charge in [-0.05, 0) is 24.6 Å². The Balaban J connectivity index is 1.68. The van der Waals surface area contributed by atoms with Crippen LogP contribution in [0.2, 0.25) is 0 Å². The van der Waals surface area contributed by atoms with Gasteiger partial charge in [0.25, 0.3) is 5.91 Å². The second-order valence-corrected chi connectivity index (χ2v) is 6.40. The van der Waals surface area contributed by atoms with Gasteiger partial charge < -0.3 is 19.3 Å². The molecule has 1 aliphatic rings. The van der Waals surface area contributed by atoms with Crippen molar-refractivity contribution < 1.29 is 19.1 Å². The number of nitrogens with one attached hydrogen (secondary N) is 1. The molecule has 2 heterocycles. The summed E-state index contributed by atoms with van der Waals surface area (Å²) < 4.78 is 11.0. The topological polar surface area (TPSA) is 87.8 Å². The number of amides is 2. The maximum Gasteiger partial charge on any atom is 0.275 e. The number of rotatable bonds is 6. The number of hydrogen-bond donors (Lipinski definition) is 1. The summed E-state index contributed by atoms with van der Waals surface area (Å²) in [6.45, 7) is 3.15. The molecule has 0 saturated carbocycles. The molecule has 1 N–H and O–H groups in total. The zero-order chi connectivity index (χ0) is 19.4. The van der Waals surface area contributed by atoms with E-state index in [9.17, 15) is 9.59 Å². The Hall–Kier alpha value is -3.03. The molecule has 0 bridgehead atoms. The maximum atomic E-state index is 12.8. The van der Waals surface area contributed by atoms with Gasteiger partial charge in [0.2, 0.25) is 5.91 Å². The summed E-state index contributed by atoms with van der Waals surface area (Å²) in [6, 6.07) is 8.55. The van der Waals surface area contributed by atoms with Crippen molar-refractivity contribution in [1.82, 2.24) is 20.0 Å². The van der Waals surface area contributed by atoms with E-state index in [0.29, 0.717) is 36.7 Å². The highest BCUT2D eigenvalue weighted by Crippen LogP contribution is 2.26. The predicted octanol–water partition coefficient (Wildman–Crippen LogP) is 1.69. The molecule has 1 saturated heterocycles. The second kappa shape index (κ2) is 8.11. The zero-order valence-corrected chi connectivity index (χ0v) is 15.8. The van der Waals surface area contributed by atoms with Gasteiger partial charge in [0.15, 0.2) is 17.2 Å². The SMILES string of the molecule is CC[C@@H]1C(=O)N(C)CCN1C(=O)c1cc(COc2ccccc2OC)[nH]n1. The molecule has 27 heavy (non-hydrogen) atoms. The van der Waals surface area contributed by atoms with Crippen molar-refractivity contribution in [3.63, 3.8) is 0 Å². The van der Waals surface area contributed by atoms with E-state index in [1.807, 2.05) is 31.2 Å². The Labute approximate surface area is 158 Å². The van der Waals surface area contributed by atoms with Gasteiger partial charge in [-0.1, -0.05) is 19.1 Å². The third kappa shape index (κ3) is 3.89. The number of H-pyrrole nitrogens is 1. The molecule has 8 nitrogen and oxygen atoms in total. The fraction of sp³-hybridized carbons (Fsp3) is 0.421. The predicted molar refractivity (Wildman–Crippen MR) is 98.7 cm³/mol. The molecule has 0 unspecified atom stereocenters. The minimum Gasteiger partial charge on any atom is -0.493 e. The van der Waals surface area contributed by atoms with Crippen LogP contribution in [0.4, 0.5) is 0 Å². The van der Waals surface area contributed by atoms with Gasteiger partial charge in [0.1, 0.15) is 12.6 Å². The third-order valence-corrected chi connectivity index (χ3v) is 4.66. The minimum absolute atomic E-state index is 0.0348. The fourth-order valence-electron chi connectivity index (χ4n) is 3.14. The van der Waals surface area contributed by atoms with Gasteiger partial charge in [-0.3, -0.25) is 14.7 Å². The summed E-state index contributed by atoms with van der Waals surface area (Å²) in [7, 11) is 3.34. The van der Waals surface area contributed by atoms with Gasteiger partial charge in [-0.15, -0.1) is 0 Å². The molecule has 0 radical (unpaired) electrons. The molecule has 0 spiro atoms. The number of likely N-dealkylation sites (N-methyl/N-ethyl adjacent to an activating group) is 1. The number of aromatic amines is 1. The third-order valence-electron chi connectivity index (χ3n) is 4.66. The lowest BCUT2D eigenvalue weighted by Gasteiger charge is -2.38. The summed E-state index contributed by atoms with van der Waals surface area (Å²) in [4.78, 5) is 28.4. The molecule has 3 rings (SSSR count). The van der Waals surface area contributed by atoms with Crippen molar-refractivity contribution in [3.05, 3.63) is 41.7 Å². The number of methoxy groups -OCH3 is 1. The first-order valence-corrected chi connectivity index (χ1v) is 8.91. The van der Waals surface area contributed by atoms with Gasteiger partial charge in [0, 0.05) is 20.1 Å². The van der Waals surface area contributed by atoms with E-state index in [-0.39, 0.29) is 24.1 Å². The zero-order valence-electron chi connectivity index (χ0n) is 15.8. The standard InChI is InChI=1S/C19H24N4O4/c1-4-15-19(25)22(2)9-10-23(15)18(24)14-11-13(20-21-14)12-27-17-8-6-5-7-16(17)26-3/h5-8,11,15H,4,9-10,12H2,1-3H3,(H,20,21)/t15-/m1/s1. The smallest absolute Gasteiger partial charge is 0.275 e. The number of piperazine rings is 1. The lowest BCUT2D eigenvalue weighted by Crippen LogP contribution is -2.57. The van der Waals surface area contributed by atoms with Crippen LogP contribution in [0.3, 0.4) is 0 Å². The van der Waals surface area contributed by atoms with Gasteiger partial charge >= 0.3 is 0 Å². The van der Waals surface area contributed by atoms with Crippen LogP contribution in [0.1, 0.15) is 29.5 Å². The number of benzene rings is 1. The van der Waals surface area contributed by atoms with E-state index in [1.54, 1.807) is 30.0 Å². The number of para-hydroxylation sites is 2. The highest BCUT2D eigenvalue weighted by molar-refractivity contribution is 5.96. The molecular formula is C19H24N4O4. The molecule has 1 aromatic heterocycles. The van der Waals surface area contributed by atoms with Crippen molar-refractivity contribution in [2.24, 2.45) is 0 Å². The monoisotopic (exact) mass is 372 g/mol. The average molecular weight is 372 g/mol. The van der Waals surface area contributed by atoms with E-state index >= 15 is 0 Å². The summed E-state index contributed by atoms with van der Waals surface area (Å²) in [5, 5.41) is 6.93. The first-order valence-electron chi connectivity index (χ1n) is 8.91. The quantitative estimate of drug-likeness (QED) is 0.834. The molecule has 0 aliphatic carbocycles. The van der Waals surface area contributed by atoms with Crippen molar-refractivity contribution in [2.75, 3.05) is 27.2 Å². The molecule has 1 fully saturated rings. The molecule has 144 valence electrons. The number of aromatic nitrogens is 2. The Kier molecular flexibility index (Phi) is 5.63. The molecule has 2 aromatic rings. The molecular weight excluding hydrogens is 348 g/mol. The molecule has 8 heteroatoms. The first kappa shape index (κ1) is 18.8. The number of ether oxygens (including phenoxy) is 2. The molecule has 1 aromatic carbocycles. The first-order chi connectivity index (χ1) is 13.0. The summed E-state index contributed by atoms with van der Waals surface area (Å²) in [6.07, 6.45) is 0.573. The van der Waals surface area contributed by atoms with Crippen LogP contribution >= 0.6 is 0 Å². The van der Waals surface area contributed by atoms with Crippen molar-refractivity contribution in [2.45, 2.75) is 26.0 Å². The van der Waals surface area contributed by atoms with Crippen LogP contribution < -0.4 is 9.47 Å². The number of hydrogen-bond acceptors (Lipinski definition) is 5.